The van der Waals surface area contributed by atoms with Gasteiger partial charge in [-0.15, -0.1) is 0 Å². The zero-order valence-corrected chi connectivity index (χ0v) is 30.4. The van der Waals surface area contributed by atoms with Crippen molar-refractivity contribution in [2.24, 2.45) is 56.7 Å². The minimum Gasteiger partial charge on any atom is -0.453 e. The maximum atomic E-state index is 12.9. The molecule has 0 bridgehead atoms. The van der Waals surface area contributed by atoms with E-state index in [4.69, 9.17) is 18.9 Å². The Hall–Kier alpha value is -1.42. The number of alkyl carbamates (subject to hydrolysis) is 1. The van der Waals surface area contributed by atoms with E-state index in [1.807, 2.05) is 4.90 Å². The highest BCUT2D eigenvalue weighted by Crippen LogP contribution is 2.89. The van der Waals surface area contributed by atoms with Gasteiger partial charge in [0.15, 0.2) is 6.29 Å². The number of hydrogen-bond acceptors (Lipinski definition) is 7. The van der Waals surface area contributed by atoms with Gasteiger partial charge >= 0.3 is 6.09 Å². The Morgan fingerprint density at radius 2 is 1.75 bits per heavy atom. The van der Waals surface area contributed by atoms with Gasteiger partial charge in [0.25, 0.3) is 0 Å². The lowest BCUT2D eigenvalue weighted by Crippen LogP contribution is -2.60. The number of fused-ring (bicyclic) bond motifs is 4. The maximum Gasteiger partial charge on any atom is 0.406 e. The van der Waals surface area contributed by atoms with E-state index < -0.39 is 12.2 Å². The number of rotatable bonds is 7. The molecule has 9 nitrogen and oxygen atoms in total. The van der Waals surface area contributed by atoms with E-state index in [-0.39, 0.29) is 46.8 Å². The largest absolute Gasteiger partial charge is 0.453 e. The van der Waals surface area contributed by atoms with Crippen LogP contribution < -0.4 is 5.32 Å². The SMILES string of the molecule is COC(=O)NCCC1C[C@@H](C)C2C(O1)[C@H](O)[C@@]1(C)[C@@H]3CC[C@H]4C(C)(C)[C@@H](OC5CN(C(=O)CC6CC6)CCO5)CC[C@@]45C[C@@]35CC[C@]21C. The lowest BCUT2D eigenvalue weighted by Gasteiger charge is -2.64. The lowest BCUT2D eigenvalue weighted by molar-refractivity contribution is -0.248. The van der Waals surface area contributed by atoms with Crippen molar-refractivity contribution < 1.29 is 33.6 Å². The second-order valence-corrected chi connectivity index (χ2v) is 18.8. The van der Waals surface area contributed by atoms with Crippen LogP contribution in [0.4, 0.5) is 4.79 Å². The number of aliphatic hydroxyl groups is 1. The quantitative estimate of drug-likeness (QED) is 0.347. The summed E-state index contributed by atoms with van der Waals surface area (Å²) in [7, 11) is 1.39. The molecular weight excluding hydrogens is 608 g/mol. The lowest BCUT2D eigenvalue weighted by atomic mass is 9.41. The summed E-state index contributed by atoms with van der Waals surface area (Å²) in [5.74, 6) is 2.76. The van der Waals surface area contributed by atoms with E-state index in [1.54, 1.807) is 0 Å². The van der Waals surface area contributed by atoms with Gasteiger partial charge in [0.2, 0.25) is 5.91 Å². The van der Waals surface area contributed by atoms with Gasteiger partial charge in [-0.25, -0.2) is 4.79 Å². The number of ether oxygens (including phenoxy) is 4. The average molecular weight is 671 g/mol. The van der Waals surface area contributed by atoms with E-state index in [0.29, 0.717) is 73.1 Å². The molecular formula is C39H62N2O7. The topological polar surface area (TPSA) is 107 Å². The van der Waals surface area contributed by atoms with Crippen molar-refractivity contribution in [1.29, 1.82) is 0 Å². The van der Waals surface area contributed by atoms with E-state index in [9.17, 15) is 14.7 Å². The molecule has 6 aliphatic carbocycles. The molecule has 8 fully saturated rings. The summed E-state index contributed by atoms with van der Waals surface area (Å²) in [6.45, 7) is 14.6. The van der Waals surface area contributed by atoms with Crippen LogP contribution in [0.15, 0.2) is 0 Å². The minimum atomic E-state index is -0.482. The third kappa shape index (κ3) is 4.74. The van der Waals surface area contributed by atoms with Gasteiger partial charge in [-0.1, -0.05) is 34.6 Å². The maximum absolute atomic E-state index is 12.9. The Labute approximate surface area is 287 Å². The molecule has 9 heteroatoms. The van der Waals surface area contributed by atoms with E-state index in [0.717, 1.165) is 32.1 Å². The van der Waals surface area contributed by atoms with Crippen molar-refractivity contribution >= 4 is 12.0 Å². The zero-order valence-electron chi connectivity index (χ0n) is 30.4. The number of carbonyl (C=O) groups is 2. The molecule has 2 N–H and O–H groups in total. The van der Waals surface area contributed by atoms with Gasteiger partial charge in [-0.3, -0.25) is 4.79 Å². The first kappa shape index (κ1) is 33.7. The highest BCUT2D eigenvalue weighted by Gasteiger charge is 2.84. The molecule has 4 unspecified atom stereocenters. The molecule has 13 atom stereocenters. The number of hydrogen-bond donors (Lipinski definition) is 2. The van der Waals surface area contributed by atoms with Gasteiger partial charge < -0.3 is 34.3 Å². The molecule has 0 aromatic carbocycles. The molecule has 0 aromatic heterocycles. The van der Waals surface area contributed by atoms with Crippen LogP contribution in [-0.4, -0.2) is 86.1 Å². The van der Waals surface area contributed by atoms with Crippen LogP contribution in [0.25, 0.3) is 0 Å². The smallest absolute Gasteiger partial charge is 0.406 e. The summed E-state index contributed by atoms with van der Waals surface area (Å²) in [5.41, 5.74) is 0.484. The number of methoxy groups -OCH3 is 1. The Balaban J connectivity index is 0.974. The number of nitrogens with one attached hydrogen (secondary N) is 1. The molecule has 2 saturated heterocycles. The van der Waals surface area contributed by atoms with Gasteiger partial charge in [-0.05, 0) is 122 Å². The van der Waals surface area contributed by atoms with Gasteiger partial charge in [-0.2, -0.15) is 0 Å². The highest BCUT2D eigenvalue weighted by atomic mass is 16.7. The summed E-state index contributed by atoms with van der Waals surface area (Å²) in [5, 5.41) is 15.3. The standard InChI is InChI=1S/C39H62N2O7/c1-23-19-25(12-16-40-34(44)45-6)47-32-31(23)36(4)14-15-39-22-38(39)13-11-28(35(2,3)26(38)9-10-27(39)37(36,5)33(32)43)48-30-21-41(17-18-46-30)29(42)20-24-7-8-24/h23-28,30-33,43H,7-22H2,1-6H3,(H,40,44)/t23-,25?,26+,27+,28+,30?,31?,32?,33+,36-,37-,38-,39+/m1/s1. The average Bonchev–Trinajstić information content (AvgIpc) is 3.98. The Morgan fingerprint density at radius 3 is 2.50 bits per heavy atom. The van der Waals surface area contributed by atoms with E-state index in [1.165, 1.54) is 45.6 Å². The predicted molar refractivity (Wildman–Crippen MR) is 180 cm³/mol. The zero-order chi connectivity index (χ0) is 33.9. The molecule has 270 valence electrons. The molecule has 0 radical (unpaired) electrons. The normalized spacial score (nSPS) is 50.2. The summed E-state index contributed by atoms with van der Waals surface area (Å²) in [6.07, 6.45) is 11.9. The Bertz CT molecular complexity index is 1290. The number of carbonyl (C=O) groups excluding carboxylic acids is 2. The third-order valence-electron chi connectivity index (χ3n) is 16.6. The van der Waals surface area contributed by atoms with Crippen LogP contribution in [-0.2, 0) is 23.7 Å². The molecule has 6 saturated carbocycles. The summed E-state index contributed by atoms with van der Waals surface area (Å²) in [4.78, 5) is 26.5. The molecule has 48 heavy (non-hydrogen) atoms. The molecule has 2 amide bonds. The van der Waals surface area contributed by atoms with Crippen molar-refractivity contribution in [2.75, 3.05) is 33.4 Å². The van der Waals surface area contributed by atoms with Crippen LogP contribution >= 0.6 is 0 Å². The van der Waals surface area contributed by atoms with Gasteiger partial charge in [0, 0.05) is 24.9 Å². The van der Waals surface area contributed by atoms with Crippen molar-refractivity contribution in [3.8, 4) is 0 Å². The highest BCUT2D eigenvalue weighted by molar-refractivity contribution is 5.76. The number of amides is 2. The van der Waals surface area contributed by atoms with Crippen molar-refractivity contribution in [1.82, 2.24) is 10.2 Å². The molecule has 8 aliphatic rings. The van der Waals surface area contributed by atoms with Crippen molar-refractivity contribution in [3.05, 3.63) is 0 Å². The monoisotopic (exact) mass is 670 g/mol. The number of morpholine rings is 1. The van der Waals surface area contributed by atoms with Crippen LogP contribution in [0, 0.1) is 56.7 Å². The number of nitrogens with zero attached hydrogens (tertiary/aromatic N) is 1. The van der Waals surface area contributed by atoms with Crippen LogP contribution in [0.1, 0.15) is 112 Å². The van der Waals surface area contributed by atoms with Gasteiger partial charge in [0.1, 0.15) is 0 Å². The first-order chi connectivity index (χ1) is 22.8. The molecule has 2 aliphatic heterocycles. The fourth-order valence-electron chi connectivity index (χ4n) is 14.0. The first-order valence-corrected chi connectivity index (χ1v) is 19.5. The summed E-state index contributed by atoms with van der Waals surface area (Å²) >= 11 is 0. The molecule has 0 aromatic rings. The Morgan fingerprint density at radius 1 is 1.00 bits per heavy atom. The third-order valence-corrected chi connectivity index (χ3v) is 16.6. The predicted octanol–water partition coefficient (Wildman–Crippen LogP) is 5.92. The second kappa shape index (κ2) is 11.5. The molecule has 2 spiro atoms. The van der Waals surface area contributed by atoms with Crippen LogP contribution in [0.2, 0.25) is 0 Å². The minimum absolute atomic E-state index is 0.0173. The van der Waals surface area contributed by atoms with Crippen LogP contribution in [0.3, 0.4) is 0 Å². The number of aliphatic hydroxyl groups excluding tert-OH is 1. The van der Waals surface area contributed by atoms with Gasteiger partial charge in [0.05, 0.1) is 44.7 Å². The Kier molecular flexibility index (Phi) is 8.11. The van der Waals surface area contributed by atoms with E-state index >= 15 is 0 Å². The first-order valence-electron chi connectivity index (χ1n) is 19.5. The van der Waals surface area contributed by atoms with Crippen molar-refractivity contribution in [2.45, 2.75) is 142 Å². The molecule has 2 heterocycles. The molecule has 8 rings (SSSR count). The second-order valence-electron chi connectivity index (χ2n) is 18.8. The summed E-state index contributed by atoms with van der Waals surface area (Å²) < 4.78 is 24.6. The van der Waals surface area contributed by atoms with Crippen molar-refractivity contribution in [3.63, 3.8) is 0 Å². The van der Waals surface area contributed by atoms with Crippen LogP contribution in [0.5, 0.6) is 0 Å². The summed E-state index contributed by atoms with van der Waals surface area (Å²) in [6, 6.07) is 0. The van der Waals surface area contributed by atoms with E-state index in [2.05, 4.69) is 39.9 Å². The fourth-order valence-corrected chi connectivity index (χ4v) is 14.0. The fraction of sp³-hybridized carbons (Fsp3) is 0.949.